The van der Waals surface area contributed by atoms with Crippen LogP contribution in [0.5, 0.6) is 0 Å². The van der Waals surface area contributed by atoms with Crippen LogP contribution in [0.1, 0.15) is 50.7 Å². The number of nitrogens with one attached hydrogen (secondary N) is 1. The molecule has 84 valence electrons. The average Bonchev–Trinajstić information content (AvgIpc) is 2.67. The predicted molar refractivity (Wildman–Crippen MR) is 59.6 cm³/mol. The molecule has 0 bridgehead atoms. The molecule has 1 N–H and O–H groups in total. The van der Waals surface area contributed by atoms with Gasteiger partial charge in [-0.3, -0.25) is 0 Å². The molecule has 0 aromatic carbocycles. The van der Waals surface area contributed by atoms with Crippen LogP contribution in [-0.2, 0) is 6.42 Å². The number of hydrogen-bond donors (Lipinski definition) is 1. The molecule has 0 radical (unpaired) electrons. The summed E-state index contributed by atoms with van der Waals surface area (Å²) in [5.41, 5.74) is 1.09. The van der Waals surface area contributed by atoms with Crippen molar-refractivity contribution < 1.29 is 4.42 Å². The van der Waals surface area contributed by atoms with Crippen LogP contribution in [0, 0.1) is 5.92 Å². The van der Waals surface area contributed by atoms with Crippen LogP contribution in [0.4, 0.5) is 0 Å². The predicted octanol–water partition coefficient (Wildman–Crippen LogP) is 2.69. The van der Waals surface area contributed by atoms with Gasteiger partial charge in [0.2, 0.25) is 5.89 Å². The van der Waals surface area contributed by atoms with Crippen LogP contribution >= 0.6 is 0 Å². The minimum Gasteiger partial charge on any atom is -0.447 e. The van der Waals surface area contributed by atoms with Gasteiger partial charge in [-0.25, -0.2) is 4.98 Å². The van der Waals surface area contributed by atoms with Gasteiger partial charge < -0.3 is 9.73 Å². The smallest absolute Gasteiger partial charge is 0.211 e. The number of aromatic nitrogens is 1. The zero-order chi connectivity index (χ0) is 10.7. The fourth-order valence-corrected chi connectivity index (χ4v) is 2.06. The molecule has 1 fully saturated rings. The van der Waals surface area contributed by atoms with Gasteiger partial charge in [0.25, 0.3) is 0 Å². The SMILES string of the molecule is CC(C)Cc1coc(C2CCCCN2)n1. The maximum absolute atomic E-state index is 5.53. The van der Waals surface area contributed by atoms with Crippen molar-refractivity contribution in [2.45, 2.75) is 45.6 Å². The normalized spacial score (nSPS) is 22.2. The quantitative estimate of drug-likeness (QED) is 0.830. The van der Waals surface area contributed by atoms with Gasteiger partial charge in [-0.2, -0.15) is 0 Å². The van der Waals surface area contributed by atoms with Crippen molar-refractivity contribution in [2.24, 2.45) is 5.92 Å². The Labute approximate surface area is 91.3 Å². The van der Waals surface area contributed by atoms with Gasteiger partial charge >= 0.3 is 0 Å². The standard InChI is InChI=1S/C12H20N2O/c1-9(2)7-10-8-15-12(14-10)11-5-3-4-6-13-11/h8-9,11,13H,3-7H2,1-2H3. The van der Waals surface area contributed by atoms with Crippen molar-refractivity contribution >= 4 is 0 Å². The monoisotopic (exact) mass is 208 g/mol. The van der Waals surface area contributed by atoms with Crippen LogP contribution in [0.25, 0.3) is 0 Å². The minimum atomic E-state index is 0.347. The third-order valence-corrected chi connectivity index (χ3v) is 2.80. The summed E-state index contributed by atoms with van der Waals surface area (Å²) >= 11 is 0. The summed E-state index contributed by atoms with van der Waals surface area (Å²) in [6.07, 6.45) is 6.53. The lowest BCUT2D eigenvalue weighted by atomic mass is 10.1. The molecule has 1 unspecified atom stereocenters. The molecule has 2 rings (SSSR count). The van der Waals surface area contributed by atoms with Crippen LogP contribution in [-0.4, -0.2) is 11.5 Å². The second-order valence-corrected chi connectivity index (χ2v) is 4.78. The Balaban J connectivity index is 1.99. The summed E-state index contributed by atoms with van der Waals surface area (Å²) in [4.78, 5) is 4.54. The second-order valence-electron chi connectivity index (χ2n) is 4.78. The van der Waals surface area contributed by atoms with E-state index in [9.17, 15) is 0 Å². The summed E-state index contributed by atoms with van der Waals surface area (Å²) in [5.74, 6) is 1.52. The molecule has 0 aliphatic carbocycles. The van der Waals surface area contributed by atoms with Gasteiger partial charge in [0.05, 0.1) is 11.7 Å². The Morgan fingerprint density at radius 2 is 2.40 bits per heavy atom. The van der Waals surface area contributed by atoms with E-state index in [4.69, 9.17) is 4.42 Å². The molecule has 0 amide bonds. The van der Waals surface area contributed by atoms with Crippen molar-refractivity contribution in [3.8, 4) is 0 Å². The van der Waals surface area contributed by atoms with Gasteiger partial charge in [-0.1, -0.05) is 20.3 Å². The molecule has 1 aliphatic heterocycles. The van der Waals surface area contributed by atoms with E-state index >= 15 is 0 Å². The fourth-order valence-electron chi connectivity index (χ4n) is 2.06. The Bertz CT molecular complexity index is 300. The summed E-state index contributed by atoms with van der Waals surface area (Å²) in [6, 6.07) is 0.347. The van der Waals surface area contributed by atoms with Crippen LogP contribution < -0.4 is 5.32 Å². The molecule has 1 aliphatic rings. The summed E-state index contributed by atoms with van der Waals surface area (Å²) < 4.78 is 5.53. The van der Waals surface area contributed by atoms with E-state index in [0.717, 1.165) is 31.0 Å². The number of hydrogen-bond acceptors (Lipinski definition) is 3. The molecule has 1 aromatic heterocycles. The van der Waals surface area contributed by atoms with Gasteiger partial charge in [-0.15, -0.1) is 0 Å². The lowest BCUT2D eigenvalue weighted by Gasteiger charge is -2.20. The topological polar surface area (TPSA) is 38.1 Å². The Morgan fingerprint density at radius 3 is 3.07 bits per heavy atom. The largest absolute Gasteiger partial charge is 0.447 e. The van der Waals surface area contributed by atoms with Crippen LogP contribution in [0.15, 0.2) is 10.7 Å². The molecule has 3 nitrogen and oxygen atoms in total. The van der Waals surface area contributed by atoms with E-state index in [1.165, 1.54) is 12.8 Å². The molecule has 15 heavy (non-hydrogen) atoms. The highest BCUT2D eigenvalue weighted by Gasteiger charge is 2.19. The minimum absolute atomic E-state index is 0.347. The van der Waals surface area contributed by atoms with E-state index in [-0.39, 0.29) is 0 Å². The van der Waals surface area contributed by atoms with E-state index < -0.39 is 0 Å². The summed E-state index contributed by atoms with van der Waals surface area (Å²) in [7, 11) is 0. The van der Waals surface area contributed by atoms with Gasteiger partial charge in [-0.05, 0) is 31.7 Å². The molecule has 1 saturated heterocycles. The molecule has 3 heteroatoms. The maximum Gasteiger partial charge on any atom is 0.211 e. The Morgan fingerprint density at radius 1 is 1.53 bits per heavy atom. The maximum atomic E-state index is 5.53. The van der Waals surface area contributed by atoms with Gasteiger partial charge in [0.1, 0.15) is 6.26 Å². The zero-order valence-electron chi connectivity index (χ0n) is 9.62. The fraction of sp³-hybridized carbons (Fsp3) is 0.750. The van der Waals surface area contributed by atoms with E-state index in [1.807, 2.05) is 6.26 Å². The first kappa shape index (κ1) is 10.7. The van der Waals surface area contributed by atoms with Crippen molar-refractivity contribution in [2.75, 3.05) is 6.54 Å². The van der Waals surface area contributed by atoms with Crippen molar-refractivity contribution in [1.29, 1.82) is 0 Å². The summed E-state index contributed by atoms with van der Waals surface area (Å²) in [6.45, 7) is 5.49. The van der Waals surface area contributed by atoms with E-state index in [1.54, 1.807) is 0 Å². The number of oxazole rings is 1. The Hall–Kier alpha value is -0.830. The molecule has 1 aromatic rings. The highest BCUT2D eigenvalue weighted by molar-refractivity contribution is 5.01. The number of piperidine rings is 1. The third kappa shape index (κ3) is 2.81. The van der Waals surface area contributed by atoms with E-state index in [0.29, 0.717) is 12.0 Å². The zero-order valence-corrected chi connectivity index (χ0v) is 9.62. The van der Waals surface area contributed by atoms with Crippen molar-refractivity contribution in [3.05, 3.63) is 17.8 Å². The average molecular weight is 208 g/mol. The first-order valence-corrected chi connectivity index (χ1v) is 5.93. The van der Waals surface area contributed by atoms with Crippen LogP contribution in [0.3, 0.4) is 0 Å². The first-order chi connectivity index (χ1) is 7.25. The molecule has 1 atom stereocenters. The molecular weight excluding hydrogens is 188 g/mol. The van der Waals surface area contributed by atoms with Crippen molar-refractivity contribution in [1.82, 2.24) is 10.3 Å². The summed E-state index contributed by atoms with van der Waals surface area (Å²) in [5, 5.41) is 3.45. The molecular formula is C12H20N2O. The lowest BCUT2D eigenvalue weighted by molar-refractivity contribution is 0.338. The number of rotatable bonds is 3. The molecule has 2 heterocycles. The highest BCUT2D eigenvalue weighted by atomic mass is 16.3. The second kappa shape index (κ2) is 4.79. The first-order valence-electron chi connectivity index (χ1n) is 5.93. The molecule has 0 saturated carbocycles. The third-order valence-electron chi connectivity index (χ3n) is 2.80. The number of nitrogens with zero attached hydrogens (tertiary/aromatic N) is 1. The van der Waals surface area contributed by atoms with Gasteiger partial charge in [0, 0.05) is 0 Å². The Kier molecular flexibility index (Phi) is 3.41. The van der Waals surface area contributed by atoms with E-state index in [2.05, 4.69) is 24.1 Å². The highest BCUT2D eigenvalue weighted by Crippen LogP contribution is 2.22. The van der Waals surface area contributed by atoms with Crippen molar-refractivity contribution in [3.63, 3.8) is 0 Å². The van der Waals surface area contributed by atoms with Gasteiger partial charge in [0.15, 0.2) is 0 Å². The molecule has 0 spiro atoms. The lowest BCUT2D eigenvalue weighted by Crippen LogP contribution is -2.27. The van der Waals surface area contributed by atoms with Crippen LogP contribution in [0.2, 0.25) is 0 Å².